The second-order valence-corrected chi connectivity index (χ2v) is 7.01. The first kappa shape index (κ1) is 20.2. The number of aliphatic imine (C=N–C) groups is 1. The molecule has 0 bridgehead atoms. The zero-order valence-corrected chi connectivity index (χ0v) is 15.3. The van der Waals surface area contributed by atoms with Gasteiger partial charge in [0.1, 0.15) is 23.2 Å². The second kappa shape index (κ2) is 7.44. The van der Waals surface area contributed by atoms with Gasteiger partial charge < -0.3 is 9.84 Å². The fourth-order valence-corrected chi connectivity index (χ4v) is 3.99. The van der Waals surface area contributed by atoms with Crippen molar-refractivity contribution in [1.82, 2.24) is 4.90 Å². The van der Waals surface area contributed by atoms with E-state index in [-0.39, 0.29) is 12.1 Å². The highest BCUT2D eigenvalue weighted by Gasteiger charge is 2.51. The van der Waals surface area contributed by atoms with E-state index in [0.29, 0.717) is 18.4 Å². The summed E-state index contributed by atoms with van der Waals surface area (Å²) in [6.07, 6.45) is -0.778. The van der Waals surface area contributed by atoms with Gasteiger partial charge in [-0.3, -0.25) is 14.7 Å². The molecule has 152 valence electrons. The maximum Gasteiger partial charge on any atom is 0.573 e. The van der Waals surface area contributed by atoms with E-state index < -0.39 is 35.7 Å². The minimum atomic E-state index is -4.80. The molecule has 28 heavy (non-hydrogen) atoms. The van der Waals surface area contributed by atoms with Crippen LogP contribution in [0, 0.1) is 0 Å². The van der Waals surface area contributed by atoms with Crippen molar-refractivity contribution in [2.75, 3.05) is 0 Å². The van der Waals surface area contributed by atoms with Crippen molar-refractivity contribution in [3.05, 3.63) is 29.8 Å². The average molecular weight is 398 g/mol. The zero-order valence-electron chi connectivity index (χ0n) is 15.3. The minimum Gasteiger partial charge on any atom is -0.480 e. The summed E-state index contributed by atoms with van der Waals surface area (Å²) in [5.41, 5.74) is -0.474. The molecule has 0 saturated heterocycles. The van der Waals surface area contributed by atoms with Gasteiger partial charge in [-0.15, -0.1) is 13.2 Å². The SMILES string of the molecule is CCC(C(=O)O)N1C(=O)C(c2ccc(OC(F)(F)F)cc2)=NC12CCCCC2. The molecule has 1 aliphatic carbocycles. The third kappa shape index (κ3) is 3.83. The Hall–Kier alpha value is -2.58. The summed E-state index contributed by atoms with van der Waals surface area (Å²) in [6, 6.07) is 3.89. The number of carbonyl (C=O) groups excluding carboxylic acids is 1. The third-order valence-corrected chi connectivity index (χ3v) is 5.19. The standard InChI is InChI=1S/C19H21F3N2O4/c1-2-14(17(26)27)24-16(25)15(23-18(24)10-4-3-5-11-18)12-6-8-13(9-7-12)28-19(20,21)22/h6-9,14H,2-5,10-11H2,1H3,(H,26,27). The Morgan fingerprint density at radius 2 is 1.86 bits per heavy atom. The lowest BCUT2D eigenvalue weighted by atomic mass is 9.87. The number of benzene rings is 1. The maximum absolute atomic E-state index is 13.1. The summed E-state index contributed by atoms with van der Waals surface area (Å²) < 4.78 is 40.9. The molecule has 1 saturated carbocycles. The predicted molar refractivity (Wildman–Crippen MR) is 94.0 cm³/mol. The molecule has 1 fully saturated rings. The van der Waals surface area contributed by atoms with E-state index in [1.54, 1.807) is 6.92 Å². The van der Waals surface area contributed by atoms with Crippen molar-refractivity contribution in [3.8, 4) is 5.75 Å². The summed E-state index contributed by atoms with van der Waals surface area (Å²) in [6.45, 7) is 1.70. The molecule has 0 aromatic heterocycles. The molecule has 1 spiro atoms. The van der Waals surface area contributed by atoms with E-state index in [9.17, 15) is 27.9 Å². The Morgan fingerprint density at radius 1 is 1.25 bits per heavy atom. The molecule has 6 nitrogen and oxygen atoms in total. The van der Waals surface area contributed by atoms with Gasteiger partial charge in [-0.2, -0.15) is 0 Å². The fraction of sp³-hybridized carbons (Fsp3) is 0.526. The Morgan fingerprint density at radius 3 is 2.36 bits per heavy atom. The van der Waals surface area contributed by atoms with Crippen LogP contribution in [-0.4, -0.2) is 45.7 Å². The molecule has 1 atom stereocenters. The summed E-state index contributed by atoms with van der Waals surface area (Å²) in [4.78, 5) is 30.9. The van der Waals surface area contributed by atoms with Crippen molar-refractivity contribution in [2.45, 2.75) is 63.5 Å². The molecule has 1 N–H and O–H groups in total. The summed E-state index contributed by atoms with van der Waals surface area (Å²) >= 11 is 0. The average Bonchev–Trinajstić information content (AvgIpc) is 2.88. The smallest absolute Gasteiger partial charge is 0.480 e. The highest BCUT2D eigenvalue weighted by molar-refractivity contribution is 6.47. The number of ether oxygens (including phenoxy) is 1. The van der Waals surface area contributed by atoms with Crippen LogP contribution in [0.4, 0.5) is 13.2 Å². The Labute approximate surface area is 160 Å². The molecule has 1 aliphatic heterocycles. The molecule has 9 heteroatoms. The van der Waals surface area contributed by atoms with Gasteiger partial charge >= 0.3 is 12.3 Å². The van der Waals surface area contributed by atoms with E-state index in [4.69, 9.17) is 0 Å². The van der Waals surface area contributed by atoms with E-state index in [1.165, 1.54) is 17.0 Å². The normalized spacial score (nSPS) is 20.2. The molecule has 1 amide bonds. The molecule has 0 radical (unpaired) electrons. The van der Waals surface area contributed by atoms with Crippen molar-refractivity contribution in [2.24, 2.45) is 4.99 Å². The molecular formula is C19H21F3N2O4. The van der Waals surface area contributed by atoms with Crippen molar-refractivity contribution in [3.63, 3.8) is 0 Å². The number of amides is 1. The van der Waals surface area contributed by atoms with Gasteiger partial charge in [-0.05, 0) is 56.4 Å². The van der Waals surface area contributed by atoms with Gasteiger partial charge in [-0.25, -0.2) is 4.79 Å². The zero-order chi connectivity index (χ0) is 20.5. The molecule has 1 aromatic rings. The number of hydrogen-bond donors (Lipinski definition) is 1. The number of alkyl halides is 3. The first-order valence-electron chi connectivity index (χ1n) is 9.19. The molecule has 1 unspecified atom stereocenters. The van der Waals surface area contributed by atoms with Crippen LogP contribution < -0.4 is 4.74 Å². The van der Waals surface area contributed by atoms with E-state index in [0.717, 1.165) is 31.4 Å². The van der Waals surface area contributed by atoms with Gasteiger partial charge in [0.15, 0.2) is 0 Å². The summed E-state index contributed by atoms with van der Waals surface area (Å²) in [7, 11) is 0. The topological polar surface area (TPSA) is 79.2 Å². The van der Waals surface area contributed by atoms with Gasteiger partial charge in [0.2, 0.25) is 0 Å². The quantitative estimate of drug-likeness (QED) is 0.820. The first-order valence-corrected chi connectivity index (χ1v) is 9.19. The van der Waals surface area contributed by atoms with Crippen LogP contribution in [0.25, 0.3) is 0 Å². The Balaban J connectivity index is 1.96. The van der Waals surface area contributed by atoms with E-state index in [1.807, 2.05) is 0 Å². The van der Waals surface area contributed by atoms with E-state index in [2.05, 4.69) is 9.73 Å². The van der Waals surface area contributed by atoms with Crippen LogP contribution >= 0.6 is 0 Å². The Bertz CT molecular complexity index is 783. The fourth-order valence-electron chi connectivity index (χ4n) is 3.99. The molecule has 2 aliphatic rings. The number of hydrogen-bond acceptors (Lipinski definition) is 4. The van der Waals surface area contributed by atoms with Gasteiger partial charge in [-0.1, -0.05) is 13.3 Å². The van der Waals surface area contributed by atoms with Gasteiger partial charge in [0.25, 0.3) is 5.91 Å². The lowest BCUT2D eigenvalue weighted by Gasteiger charge is -2.41. The molecule has 3 rings (SSSR count). The van der Waals surface area contributed by atoms with Crippen molar-refractivity contribution < 1.29 is 32.6 Å². The van der Waals surface area contributed by atoms with Crippen LogP contribution in [-0.2, 0) is 9.59 Å². The van der Waals surface area contributed by atoms with Crippen molar-refractivity contribution in [1.29, 1.82) is 0 Å². The second-order valence-electron chi connectivity index (χ2n) is 7.01. The maximum atomic E-state index is 13.1. The summed E-state index contributed by atoms with van der Waals surface area (Å²) in [5, 5.41) is 9.60. The number of carboxylic acid groups (broad SMARTS) is 1. The van der Waals surface area contributed by atoms with Gasteiger partial charge in [0, 0.05) is 5.56 Å². The largest absolute Gasteiger partial charge is 0.573 e. The minimum absolute atomic E-state index is 0.0835. The van der Waals surface area contributed by atoms with Crippen molar-refractivity contribution >= 4 is 17.6 Å². The van der Waals surface area contributed by atoms with E-state index >= 15 is 0 Å². The number of nitrogens with zero attached hydrogens (tertiary/aromatic N) is 2. The van der Waals surface area contributed by atoms with Gasteiger partial charge in [0.05, 0.1) is 0 Å². The monoisotopic (exact) mass is 398 g/mol. The van der Waals surface area contributed by atoms with Crippen LogP contribution in [0.3, 0.4) is 0 Å². The Kier molecular flexibility index (Phi) is 5.36. The highest BCUT2D eigenvalue weighted by atomic mass is 19.4. The lowest BCUT2D eigenvalue weighted by molar-refractivity contribution is -0.274. The number of carboxylic acids is 1. The summed E-state index contributed by atoms with van der Waals surface area (Å²) in [5.74, 6) is -1.99. The molecule has 1 aromatic carbocycles. The van der Waals surface area contributed by atoms with Crippen LogP contribution in [0.1, 0.15) is 51.0 Å². The van der Waals surface area contributed by atoms with Crippen LogP contribution in [0.2, 0.25) is 0 Å². The predicted octanol–water partition coefficient (Wildman–Crippen LogP) is 3.74. The third-order valence-electron chi connectivity index (χ3n) is 5.19. The number of aliphatic carboxylic acids is 1. The number of rotatable bonds is 5. The number of carbonyl (C=O) groups is 2. The molecular weight excluding hydrogens is 377 g/mol. The highest BCUT2D eigenvalue weighted by Crippen LogP contribution is 2.41. The van der Waals surface area contributed by atoms with Crippen LogP contribution in [0.5, 0.6) is 5.75 Å². The number of halogens is 3. The molecule has 1 heterocycles. The lowest BCUT2D eigenvalue weighted by Crippen LogP contribution is -2.55. The first-order chi connectivity index (χ1) is 13.2. The van der Waals surface area contributed by atoms with Crippen LogP contribution in [0.15, 0.2) is 29.3 Å².